The first kappa shape index (κ1) is 21.2. The summed E-state index contributed by atoms with van der Waals surface area (Å²) in [6.07, 6.45) is 7.23. The quantitative estimate of drug-likeness (QED) is 0.314. The maximum absolute atomic E-state index is 4.87. The first-order valence-electron chi connectivity index (χ1n) is 12.1. The smallest absolute Gasteiger partial charge is 0.0780 e. The predicted octanol–water partition coefficient (Wildman–Crippen LogP) is 9.04. The van der Waals surface area contributed by atoms with E-state index in [-0.39, 0.29) is 5.41 Å². The molecule has 0 N–H and O–H groups in total. The van der Waals surface area contributed by atoms with E-state index < -0.39 is 0 Å². The van der Waals surface area contributed by atoms with E-state index in [9.17, 15) is 0 Å². The standard InChI is InChI=1S/C31H35N/c1-30(2,3)28-20-25(19-23-8-6-7-9-26(23)28)29-27-11-10-22(18-24(27)14-17-32-29)21-12-15-31(4,5)16-13-21/h6-11,14,17-21H,12-13,15-16H2,1-5H3. The van der Waals surface area contributed by atoms with Gasteiger partial charge in [-0.3, -0.25) is 4.98 Å². The van der Waals surface area contributed by atoms with Crippen molar-refractivity contribution >= 4 is 21.5 Å². The molecule has 0 saturated heterocycles. The summed E-state index contributed by atoms with van der Waals surface area (Å²) >= 11 is 0. The number of pyridine rings is 1. The van der Waals surface area contributed by atoms with E-state index in [2.05, 4.69) is 95.3 Å². The molecule has 1 heterocycles. The average Bonchev–Trinajstić information content (AvgIpc) is 2.77. The largest absolute Gasteiger partial charge is 0.256 e. The molecular weight excluding hydrogens is 386 g/mol. The lowest BCUT2D eigenvalue weighted by Crippen LogP contribution is -2.20. The minimum absolute atomic E-state index is 0.0716. The van der Waals surface area contributed by atoms with Gasteiger partial charge in [-0.15, -0.1) is 0 Å². The molecule has 4 aromatic rings. The van der Waals surface area contributed by atoms with Gasteiger partial charge in [-0.05, 0) is 87.9 Å². The van der Waals surface area contributed by atoms with Gasteiger partial charge in [-0.25, -0.2) is 0 Å². The Morgan fingerprint density at radius 1 is 0.812 bits per heavy atom. The molecule has 1 aliphatic rings. The van der Waals surface area contributed by atoms with Gasteiger partial charge < -0.3 is 0 Å². The Balaban J connectivity index is 1.60. The van der Waals surface area contributed by atoms with Gasteiger partial charge in [0, 0.05) is 17.1 Å². The second-order valence-electron chi connectivity index (χ2n) is 11.6. The van der Waals surface area contributed by atoms with E-state index in [1.165, 1.54) is 63.9 Å². The topological polar surface area (TPSA) is 12.9 Å². The van der Waals surface area contributed by atoms with Crippen molar-refractivity contribution in [3.63, 3.8) is 0 Å². The molecule has 164 valence electrons. The highest BCUT2D eigenvalue weighted by atomic mass is 14.7. The summed E-state index contributed by atoms with van der Waals surface area (Å²) in [6, 6.07) is 22.7. The molecule has 1 aliphatic carbocycles. The van der Waals surface area contributed by atoms with Crippen molar-refractivity contribution < 1.29 is 0 Å². The Bertz CT molecular complexity index is 1280. The number of hydrogen-bond acceptors (Lipinski definition) is 1. The van der Waals surface area contributed by atoms with Crippen molar-refractivity contribution in [1.29, 1.82) is 0 Å². The zero-order valence-electron chi connectivity index (χ0n) is 20.2. The number of rotatable bonds is 2. The summed E-state index contributed by atoms with van der Waals surface area (Å²) in [5.41, 5.74) is 5.76. The number of fused-ring (bicyclic) bond motifs is 2. The van der Waals surface area contributed by atoms with Crippen LogP contribution in [0, 0.1) is 5.41 Å². The van der Waals surface area contributed by atoms with Gasteiger partial charge in [0.05, 0.1) is 5.69 Å². The number of hydrogen-bond donors (Lipinski definition) is 0. The van der Waals surface area contributed by atoms with Crippen molar-refractivity contribution in [2.75, 3.05) is 0 Å². The molecule has 0 spiro atoms. The normalized spacial score (nSPS) is 17.2. The zero-order chi connectivity index (χ0) is 22.5. The Kier molecular flexibility index (Phi) is 5.12. The highest BCUT2D eigenvalue weighted by Crippen LogP contribution is 2.43. The molecule has 0 radical (unpaired) electrons. The van der Waals surface area contributed by atoms with Crippen molar-refractivity contribution in [1.82, 2.24) is 4.98 Å². The molecule has 0 amide bonds. The van der Waals surface area contributed by atoms with Gasteiger partial charge in [0.1, 0.15) is 0 Å². The highest BCUT2D eigenvalue weighted by Gasteiger charge is 2.27. The third-order valence-electron chi connectivity index (χ3n) is 7.54. The number of benzene rings is 3. The third kappa shape index (κ3) is 3.94. The molecule has 1 fully saturated rings. The van der Waals surface area contributed by atoms with Crippen LogP contribution in [0.5, 0.6) is 0 Å². The molecule has 3 aromatic carbocycles. The fourth-order valence-electron chi connectivity index (χ4n) is 5.48. The predicted molar refractivity (Wildman–Crippen MR) is 138 cm³/mol. The molecule has 1 nitrogen and oxygen atoms in total. The maximum atomic E-state index is 4.87. The van der Waals surface area contributed by atoms with Gasteiger partial charge in [0.15, 0.2) is 0 Å². The fourth-order valence-corrected chi connectivity index (χ4v) is 5.48. The van der Waals surface area contributed by atoms with Crippen LogP contribution in [0.4, 0.5) is 0 Å². The van der Waals surface area contributed by atoms with Crippen molar-refractivity contribution in [2.24, 2.45) is 5.41 Å². The van der Waals surface area contributed by atoms with Crippen LogP contribution in [0.15, 0.2) is 66.9 Å². The zero-order valence-corrected chi connectivity index (χ0v) is 20.2. The van der Waals surface area contributed by atoms with E-state index in [4.69, 9.17) is 4.98 Å². The first-order chi connectivity index (χ1) is 15.2. The van der Waals surface area contributed by atoms with E-state index in [1.807, 2.05) is 6.20 Å². The number of nitrogens with zero attached hydrogens (tertiary/aromatic N) is 1. The Morgan fingerprint density at radius 3 is 2.28 bits per heavy atom. The molecule has 1 aromatic heterocycles. The van der Waals surface area contributed by atoms with Crippen molar-refractivity contribution in [2.45, 2.75) is 71.6 Å². The summed E-state index contributed by atoms with van der Waals surface area (Å²) in [6.45, 7) is 11.7. The van der Waals surface area contributed by atoms with Gasteiger partial charge in [0.2, 0.25) is 0 Å². The molecule has 0 unspecified atom stereocenters. The molecule has 0 atom stereocenters. The van der Waals surface area contributed by atoms with Crippen molar-refractivity contribution in [3.05, 3.63) is 78.0 Å². The van der Waals surface area contributed by atoms with Crippen LogP contribution < -0.4 is 0 Å². The van der Waals surface area contributed by atoms with Crippen LogP contribution in [0.2, 0.25) is 0 Å². The molecule has 5 rings (SSSR count). The lowest BCUT2D eigenvalue weighted by molar-refractivity contribution is 0.224. The van der Waals surface area contributed by atoms with Gasteiger partial charge >= 0.3 is 0 Å². The number of aromatic nitrogens is 1. The maximum Gasteiger partial charge on any atom is 0.0780 e. The lowest BCUT2D eigenvalue weighted by atomic mass is 9.71. The molecular formula is C31H35N. The Hall–Kier alpha value is -2.67. The summed E-state index contributed by atoms with van der Waals surface area (Å²) in [7, 11) is 0. The van der Waals surface area contributed by atoms with E-state index in [0.717, 1.165) is 5.69 Å². The minimum Gasteiger partial charge on any atom is -0.256 e. The average molecular weight is 422 g/mol. The third-order valence-corrected chi connectivity index (χ3v) is 7.54. The fraction of sp³-hybridized carbons (Fsp3) is 0.387. The SMILES string of the molecule is CC1(C)CCC(c2ccc3c(-c4cc(C(C)(C)C)c5ccccc5c4)nccc3c2)CC1. The van der Waals surface area contributed by atoms with E-state index >= 15 is 0 Å². The van der Waals surface area contributed by atoms with E-state index in [1.54, 1.807) is 0 Å². The van der Waals surface area contributed by atoms with Crippen LogP contribution in [0.1, 0.15) is 77.3 Å². The highest BCUT2D eigenvalue weighted by molar-refractivity contribution is 5.98. The van der Waals surface area contributed by atoms with Crippen LogP contribution >= 0.6 is 0 Å². The summed E-state index contributed by atoms with van der Waals surface area (Å²) in [4.78, 5) is 4.87. The molecule has 1 saturated carbocycles. The van der Waals surface area contributed by atoms with E-state index in [0.29, 0.717) is 11.3 Å². The Labute approximate surface area is 192 Å². The second-order valence-corrected chi connectivity index (χ2v) is 11.6. The lowest BCUT2D eigenvalue weighted by Gasteiger charge is -2.34. The molecule has 0 bridgehead atoms. The van der Waals surface area contributed by atoms with Crippen molar-refractivity contribution in [3.8, 4) is 11.3 Å². The Morgan fingerprint density at radius 2 is 1.53 bits per heavy atom. The first-order valence-corrected chi connectivity index (χ1v) is 12.1. The monoisotopic (exact) mass is 421 g/mol. The van der Waals surface area contributed by atoms with Crippen LogP contribution in [-0.4, -0.2) is 4.98 Å². The van der Waals surface area contributed by atoms with Gasteiger partial charge in [-0.2, -0.15) is 0 Å². The summed E-state index contributed by atoms with van der Waals surface area (Å²) < 4.78 is 0. The minimum atomic E-state index is 0.0716. The van der Waals surface area contributed by atoms with Gasteiger partial charge in [0.25, 0.3) is 0 Å². The van der Waals surface area contributed by atoms with Crippen LogP contribution in [-0.2, 0) is 5.41 Å². The summed E-state index contributed by atoms with van der Waals surface area (Å²) in [5.74, 6) is 0.692. The van der Waals surface area contributed by atoms with Crippen LogP contribution in [0.3, 0.4) is 0 Å². The van der Waals surface area contributed by atoms with Gasteiger partial charge in [-0.1, -0.05) is 77.1 Å². The molecule has 32 heavy (non-hydrogen) atoms. The second kappa shape index (κ2) is 7.73. The van der Waals surface area contributed by atoms with Crippen LogP contribution in [0.25, 0.3) is 32.8 Å². The molecule has 1 heteroatoms. The molecule has 0 aliphatic heterocycles. The summed E-state index contributed by atoms with van der Waals surface area (Å²) in [5, 5.41) is 5.19.